The van der Waals surface area contributed by atoms with Crippen molar-refractivity contribution in [3.63, 3.8) is 0 Å². The van der Waals surface area contributed by atoms with Gasteiger partial charge in [-0.15, -0.1) is 0 Å². The number of hydrogen-bond acceptors (Lipinski definition) is 3. The Labute approximate surface area is 93.6 Å². The normalized spacial score (nSPS) is 12.2. The number of carbonyl (C=O) groups excluding carboxylic acids is 1. The highest BCUT2D eigenvalue weighted by atomic mass is 35.5. The summed E-state index contributed by atoms with van der Waals surface area (Å²) < 4.78 is 4.73. The van der Waals surface area contributed by atoms with Crippen LogP contribution in [0.4, 0.5) is 0 Å². The summed E-state index contributed by atoms with van der Waals surface area (Å²) >= 11 is 5.70. The molecule has 15 heavy (non-hydrogen) atoms. The van der Waals surface area contributed by atoms with Gasteiger partial charge >= 0.3 is 5.97 Å². The van der Waals surface area contributed by atoms with Crippen LogP contribution in [0.5, 0.6) is 0 Å². The van der Waals surface area contributed by atoms with Crippen LogP contribution in [-0.2, 0) is 9.53 Å². The number of aliphatic hydroxyl groups excluding tert-OH is 1. The van der Waals surface area contributed by atoms with E-state index in [0.717, 1.165) is 0 Å². The lowest BCUT2D eigenvalue weighted by Gasteiger charge is -2.09. The predicted molar refractivity (Wildman–Crippen MR) is 57.7 cm³/mol. The molecule has 0 saturated carbocycles. The summed E-state index contributed by atoms with van der Waals surface area (Å²) in [5.74, 6) is -0.403. The van der Waals surface area contributed by atoms with Crippen LogP contribution in [0, 0.1) is 0 Å². The molecule has 0 fully saturated rings. The van der Waals surface area contributed by atoms with Crippen LogP contribution >= 0.6 is 11.6 Å². The van der Waals surface area contributed by atoms with E-state index in [1.807, 2.05) is 0 Å². The summed E-state index contributed by atoms with van der Waals surface area (Å²) in [5, 5.41) is 10.3. The molecule has 82 valence electrons. The van der Waals surface area contributed by atoms with Crippen molar-refractivity contribution in [3.05, 3.63) is 34.9 Å². The van der Waals surface area contributed by atoms with Crippen molar-refractivity contribution in [1.29, 1.82) is 0 Å². The molecule has 0 bridgehead atoms. The number of esters is 1. The van der Waals surface area contributed by atoms with Crippen LogP contribution in [-0.4, -0.2) is 17.7 Å². The molecule has 0 heterocycles. The van der Waals surface area contributed by atoms with E-state index in [0.29, 0.717) is 17.2 Å². The fourth-order valence-corrected chi connectivity index (χ4v) is 1.31. The zero-order valence-corrected chi connectivity index (χ0v) is 9.20. The molecule has 0 aliphatic heterocycles. The zero-order valence-electron chi connectivity index (χ0n) is 8.44. The largest absolute Gasteiger partial charge is 0.466 e. The lowest BCUT2D eigenvalue weighted by atomic mass is 10.1. The second-order valence-electron chi connectivity index (χ2n) is 3.08. The van der Waals surface area contributed by atoms with E-state index in [1.165, 1.54) is 0 Å². The van der Waals surface area contributed by atoms with Gasteiger partial charge in [-0.05, 0) is 24.6 Å². The molecule has 1 N–H and O–H groups in total. The first kappa shape index (κ1) is 12.0. The molecule has 0 amide bonds. The van der Waals surface area contributed by atoms with Crippen molar-refractivity contribution in [3.8, 4) is 0 Å². The Balaban J connectivity index is 2.57. The molecule has 0 saturated heterocycles. The smallest absolute Gasteiger partial charge is 0.308 e. The number of benzene rings is 1. The molecule has 0 spiro atoms. The number of ether oxygens (including phenoxy) is 1. The van der Waals surface area contributed by atoms with E-state index < -0.39 is 12.1 Å². The summed E-state index contributed by atoms with van der Waals surface area (Å²) in [6.07, 6.45) is -0.864. The molecular formula is C11H13ClO3. The molecular weight excluding hydrogens is 216 g/mol. The number of carbonyl (C=O) groups is 1. The second-order valence-corrected chi connectivity index (χ2v) is 3.51. The molecule has 0 aliphatic carbocycles. The molecule has 0 radical (unpaired) electrons. The third-order valence-electron chi connectivity index (χ3n) is 1.92. The molecule has 1 aromatic rings. The van der Waals surface area contributed by atoms with Gasteiger partial charge in [-0.1, -0.05) is 23.7 Å². The van der Waals surface area contributed by atoms with Crippen molar-refractivity contribution < 1.29 is 14.6 Å². The van der Waals surface area contributed by atoms with Crippen LogP contribution in [0.3, 0.4) is 0 Å². The quantitative estimate of drug-likeness (QED) is 0.805. The van der Waals surface area contributed by atoms with E-state index in [9.17, 15) is 9.90 Å². The molecule has 0 aliphatic rings. The maximum Gasteiger partial charge on any atom is 0.308 e. The topological polar surface area (TPSA) is 46.5 Å². The highest BCUT2D eigenvalue weighted by Gasteiger charge is 2.13. The Morgan fingerprint density at radius 1 is 1.47 bits per heavy atom. The fraction of sp³-hybridized carbons (Fsp3) is 0.364. The lowest BCUT2D eigenvalue weighted by molar-refractivity contribution is -0.145. The van der Waals surface area contributed by atoms with Gasteiger partial charge in [-0.2, -0.15) is 0 Å². The van der Waals surface area contributed by atoms with Gasteiger partial charge in [-0.25, -0.2) is 0 Å². The molecule has 1 rings (SSSR count). The number of aliphatic hydroxyl groups is 1. The molecule has 1 atom stereocenters. The monoisotopic (exact) mass is 228 g/mol. The average molecular weight is 229 g/mol. The maximum atomic E-state index is 11.1. The zero-order chi connectivity index (χ0) is 11.3. The Kier molecular flexibility index (Phi) is 4.59. The Morgan fingerprint density at radius 3 is 2.60 bits per heavy atom. The van der Waals surface area contributed by atoms with Gasteiger partial charge in [0.1, 0.15) is 0 Å². The van der Waals surface area contributed by atoms with E-state index in [-0.39, 0.29) is 6.42 Å². The number of rotatable bonds is 4. The third kappa shape index (κ3) is 3.90. The number of hydrogen-bond donors (Lipinski definition) is 1. The van der Waals surface area contributed by atoms with Crippen LogP contribution < -0.4 is 0 Å². The molecule has 1 aromatic carbocycles. The van der Waals surface area contributed by atoms with Crippen LogP contribution in [0.2, 0.25) is 5.02 Å². The average Bonchev–Trinajstić information content (AvgIpc) is 2.18. The summed E-state index contributed by atoms with van der Waals surface area (Å²) in [5.41, 5.74) is 0.660. The van der Waals surface area contributed by atoms with Gasteiger partial charge in [0.15, 0.2) is 0 Å². The molecule has 3 nitrogen and oxygen atoms in total. The highest BCUT2D eigenvalue weighted by molar-refractivity contribution is 6.30. The summed E-state index contributed by atoms with van der Waals surface area (Å²) in [4.78, 5) is 11.1. The lowest BCUT2D eigenvalue weighted by Crippen LogP contribution is -2.09. The third-order valence-corrected chi connectivity index (χ3v) is 2.17. The van der Waals surface area contributed by atoms with Gasteiger partial charge < -0.3 is 9.84 Å². The van der Waals surface area contributed by atoms with Gasteiger partial charge in [-0.3, -0.25) is 4.79 Å². The second kappa shape index (κ2) is 5.73. The highest BCUT2D eigenvalue weighted by Crippen LogP contribution is 2.19. The van der Waals surface area contributed by atoms with Crippen molar-refractivity contribution in [2.75, 3.05) is 6.61 Å². The Hall–Kier alpha value is -1.06. The van der Waals surface area contributed by atoms with Crippen LogP contribution in [0.25, 0.3) is 0 Å². The summed E-state index contributed by atoms with van der Waals surface area (Å²) in [7, 11) is 0. The van der Waals surface area contributed by atoms with E-state index in [1.54, 1.807) is 31.2 Å². The fourth-order valence-electron chi connectivity index (χ4n) is 1.18. The first-order valence-corrected chi connectivity index (χ1v) is 5.10. The maximum absolute atomic E-state index is 11.1. The van der Waals surface area contributed by atoms with Gasteiger partial charge in [0.2, 0.25) is 0 Å². The Bertz CT molecular complexity index is 321. The van der Waals surface area contributed by atoms with Gasteiger partial charge in [0, 0.05) is 5.02 Å². The standard InChI is InChI=1S/C11H13ClO3/c1-2-15-11(14)7-10(13)8-3-5-9(12)6-4-8/h3-6,10,13H,2,7H2,1H3/t10-/m1/s1. The predicted octanol–water partition coefficient (Wildman–Crippen LogP) is 2.33. The number of halogens is 1. The van der Waals surface area contributed by atoms with Crippen LogP contribution in [0.15, 0.2) is 24.3 Å². The molecule has 4 heteroatoms. The SMILES string of the molecule is CCOC(=O)C[C@@H](O)c1ccc(Cl)cc1. The van der Waals surface area contributed by atoms with Crippen molar-refractivity contribution in [2.24, 2.45) is 0 Å². The molecule has 0 unspecified atom stereocenters. The summed E-state index contributed by atoms with van der Waals surface area (Å²) in [6.45, 7) is 2.05. The van der Waals surface area contributed by atoms with Gasteiger partial charge in [0.05, 0.1) is 19.1 Å². The first-order chi connectivity index (χ1) is 7.13. The van der Waals surface area contributed by atoms with E-state index >= 15 is 0 Å². The van der Waals surface area contributed by atoms with Crippen molar-refractivity contribution in [2.45, 2.75) is 19.4 Å². The summed E-state index contributed by atoms with van der Waals surface area (Å²) in [6, 6.07) is 6.72. The molecule has 0 aromatic heterocycles. The van der Waals surface area contributed by atoms with E-state index in [4.69, 9.17) is 16.3 Å². The minimum atomic E-state index is -0.832. The van der Waals surface area contributed by atoms with Crippen molar-refractivity contribution >= 4 is 17.6 Å². The van der Waals surface area contributed by atoms with Gasteiger partial charge in [0.25, 0.3) is 0 Å². The van der Waals surface area contributed by atoms with E-state index in [2.05, 4.69) is 0 Å². The van der Waals surface area contributed by atoms with Crippen LogP contribution in [0.1, 0.15) is 25.0 Å². The minimum Gasteiger partial charge on any atom is -0.466 e. The minimum absolute atomic E-state index is 0.0323. The van der Waals surface area contributed by atoms with Crippen molar-refractivity contribution in [1.82, 2.24) is 0 Å². The first-order valence-electron chi connectivity index (χ1n) is 4.72. The Morgan fingerprint density at radius 2 is 2.07 bits per heavy atom.